The molecule has 0 fully saturated rings. The summed E-state index contributed by atoms with van der Waals surface area (Å²) in [6, 6.07) is 19.0. The molecule has 7 nitrogen and oxygen atoms in total. The second-order valence-electron chi connectivity index (χ2n) is 9.10. The summed E-state index contributed by atoms with van der Waals surface area (Å²) in [4.78, 5) is 28.6. The van der Waals surface area contributed by atoms with Crippen LogP contribution in [0.3, 0.4) is 0 Å². The van der Waals surface area contributed by atoms with Crippen molar-refractivity contribution in [1.29, 1.82) is 0 Å². The number of para-hydroxylation sites is 1. The highest BCUT2D eigenvalue weighted by Crippen LogP contribution is 2.28. The number of amides is 2. The summed E-state index contributed by atoms with van der Waals surface area (Å²) in [5, 5.41) is 3.54. The Balaban J connectivity index is 2.06. The van der Waals surface area contributed by atoms with Gasteiger partial charge in [-0.15, -0.1) is 0 Å². The number of rotatable bonds is 12. The molecular formula is C29H33Cl2N3O4S. The molecule has 0 aliphatic rings. The van der Waals surface area contributed by atoms with Gasteiger partial charge >= 0.3 is 0 Å². The highest BCUT2D eigenvalue weighted by Gasteiger charge is 2.34. The molecule has 208 valence electrons. The summed E-state index contributed by atoms with van der Waals surface area (Å²) in [7, 11) is -4.12. The molecule has 0 aliphatic carbocycles. The van der Waals surface area contributed by atoms with Gasteiger partial charge in [-0.25, -0.2) is 8.42 Å². The number of hydrogen-bond donors (Lipinski definition) is 1. The van der Waals surface area contributed by atoms with Gasteiger partial charge in [0.15, 0.2) is 0 Å². The van der Waals surface area contributed by atoms with E-state index in [0.717, 1.165) is 16.3 Å². The van der Waals surface area contributed by atoms with Gasteiger partial charge < -0.3 is 10.2 Å². The number of nitrogens with zero attached hydrogens (tertiary/aromatic N) is 2. The minimum Gasteiger partial charge on any atom is -0.354 e. The van der Waals surface area contributed by atoms with Crippen molar-refractivity contribution in [3.63, 3.8) is 0 Å². The number of halogens is 2. The van der Waals surface area contributed by atoms with E-state index in [1.165, 1.54) is 17.0 Å². The average Bonchev–Trinajstić information content (AvgIpc) is 2.92. The van der Waals surface area contributed by atoms with E-state index < -0.39 is 28.5 Å². The highest BCUT2D eigenvalue weighted by atomic mass is 35.5. The number of anilines is 1. The second-order valence-corrected chi connectivity index (χ2v) is 11.8. The number of nitrogens with one attached hydrogen (secondary N) is 1. The predicted octanol–water partition coefficient (Wildman–Crippen LogP) is 5.83. The summed E-state index contributed by atoms with van der Waals surface area (Å²) in [5.74, 6) is -0.896. The van der Waals surface area contributed by atoms with E-state index in [4.69, 9.17) is 23.2 Å². The largest absolute Gasteiger partial charge is 0.354 e. The van der Waals surface area contributed by atoms with Crippen LogP contribution < -0.4 is 9.62 Å². The van der Waals surface area contributed by atoms with Crippen LogP contribution in [-0.4, -0.2) is 44.3 Å². The summed E-state index contributed by atoms with van der Waals surface area (Å²) >= 11 is 12.9. The molecule has 2 amide bonds. The summed E-state index contributed by atoms with van der Waals surface area (Å²) in [6.07, 6.45) is 1.03. The molecule has 1 N–H and O–H groups in total. The number of aryl methyl sites for hydroxylation is 1. The van der Waals surface area contributed by atoms with Crippen molar-refractivity contribution >= 4 is 50.7 Å². The van der Waals surface area contributed by atoms with Crippen LogP contribution >= 0.6 is 23.2 Å². The lowest BCUT2D eigenvalue weighted by Gasteiger charge is -2.33. The molecule has 10 heteroatoms. The van der Waals surface area contributed by atoms with Crippen LogP contribution in [0, 0.1) is 6.92 Å². The molecule has 1 atom stereocenters. The van der Waals surface area contributed by atoms with Crippen LogP contribution in [0.15, 0.2) is 77.7 Å². The summed E-state index contributed by atoms with van der Waals surface area (Å²) in [5.41, 5.74) is 1.71. The zero-order chi connectivity index (χ0) is 28.6. The van der Waals surface area contributed by atoms with Crippen molar-refractivity contribution < 1.29 is 18.0 Å². The molecule has 39 heavy (non-hydrogen) atoms. The lowest BCUT2D eigenvalue weighted by atomic mass is 10.1. The third-order valence-corrected chi connectivity index (χ3v) is 8.75. The third-order valence-electron chi connectivity index (χ3n) is 6.26. The number of benzene rings is 3. The van der Waals surface area contributed by atoms with Crippen molar-refractivity contribution in [3.05, 3.63) is 94.0 Å². The van der Waals surface area contributed by atoms with Crippen molar-refractivity contribution in [3.8, 4) is 0 Å². The van der Waals surface area contributed by atoms with E-state index in [-0.39, 0.29) is 17.3 Å². The Kier molecular flexibility index (Phi) is 10.8. The van der Waals surface area contributed by atoms with Crippen LogP contribution in [0.4, 0.5) is 5.69 Å². The van der Waals surface area contributed by atoms with Crippen LogP contribution in [0.2, 0.25) is 10.0 Å². The zero-order valence-electron chi connectivity index (χ0n) is 22.2. The maximum Gasteiger partial charge on any atom is 0.264 e. The van der Waals surface area contributed by atoms with E-state index in [1.807, 2.05) is 13.8 Å². The van der Waals surface area contributed by atoms with E-state index in [0.29, 0.717) is 34.3 Å². The first-order valence-electron chi connectivity index (χ1n) is 12.7. The molecule has 0 heterocycles. The van der Waals surface area contributed by atoms with Crippen molar-refractivity contribution in [2.45, 2.75) is 51.1 Å². The van der Waals surface area contributed by atoms with Gasteiger partial charge in [0, 0.05) is 28.7 Å². The van der Waals surface area contributed by atoms with E-state index in [9.17, 15) is 18.0 Å². The van der Waals surface area contributed by atoms with Crippen LogP contribution in [0.1, 0.15) is 37.8 Å². The van der Waals surface area contributed by atoms with Crippen molar-refractivity contribution in [2.24, 2.45) is 0 Å². The molecule has 3 aromatic carbocycles. The minimum absolute atomic E-state index is 0.0539. The van der Waals surface area contributed by atoms with Gasteiger partial charge in [-0.05, 0) is 56.2 Å². The molecular weight excluding hydrogens is 557 g/mol. The van der Waals surface area contributed by atoms with Gasteiger partial charge in [-0.3, -0.25) is 13.9 Å². The Hall–Kier alpha value is -3.07. The van der Waals surface area contributed by atoms with Crippen LogP contribution in [-0.2, 0) is 26.2 Å². The standard InChI is InChI=1S/C29H33Cl2N3O4S/c1-4-18-32-29(36)27(5-2)33(19-24-25(30)12-9-13-26(24)31)28(35)20-34(22-10-7-6-8-11-22)39(37,38)23-16-14-21(3)15-17-23/h6-17,27H,4-5,18-20H2,1-3H3,(H,32,36)/t27-/m1/s1. The molecule has 0 aromatic heterocycles. The molecule has 3 aromatic rings. The Labute approximate surface area is 240 Å². The van der Waals surface area contributed by atoms with Gasteiger partial charge in [0.05, 0.1) is 10.6 Å². The fourth-order valence-electron chi connectivity index (χ4n) is 4.10. The quantitative estimate of drug-likeness (QED) is 0.288. The number of sulfonamides is 1. The second kappa shape index (κ2) is 13.8. The van der Waals surface area contributed by atoms with Gasteiger partial charge in [0.1, 0.15) is 12.6 Å². The molecule has 0 bridgehead atoms. The average molecular weight is 591 g/mol. The first-order valence-corrected chi connectivity index (χ1v) is 14.9. The topological polar surface area (TPSA) is 86.8 Å². The number of carbonyl (C=O) groups is 2. The summed E-state index contributed by atoms with van der Waals surface area (Å²) in [6.45, 7) is 5.44. The molecule has 0 saturated carbocycles. The fraction of sp³-hybridized carbons (Fsp3) is 0.310. The SMILES string of the molecule is CCCNC(=O)[C@@H](CC)N(Cc1c(Cl)cccc1Cl)C(=O)CN(c1ccccc1)S(=O)(=O)c1ccc(C)cc1. The van der Waals surface area contributed by atoms with Crippen molar-refractivity contribution in [2.75, 3.05) is 17.4 Å². The van der Waals surface area contributed by atoms with Crippen LogP contribution in [0.25, 0.3) is 0 Å². The lowest BCUT2D eigenvalue weighted by Crippen LogP contribution is -2.52. The Morgan fingerprint density at radius 2 is 1.51 bits per heavy atom. The van der Waals surface area contributed by atoms with Crippen molar-refractivity contribution in [1.82, 2.24) is 10.2 Å². The number of carbonyl (C=O) groups excluding carboxylic acids is 2. The lowest BCUT2D eigenvalue weighted by molar-refractivity contribution is -0.140. The van der Waals surface area contributed by atoms with Gasteiger partial charge in [-0.1, -0.05) is 79.0 Å². The molecule has 0 radical (unpaired) electrons. The maximum atomic E-state index is 14.0. The Morgan fingerprint density at radius 3 is 2.08 bits per heavy atom. The van der Waals surface area contributed by atoms with E-state index in [2.05, 4.69) is 5.32 Å². The number of hydrogen-bond acceptors (Lipinski definition) is 4. The maximum absolute atomic E-state index is 14.0. The van der Waals surface area contributed by atoms with E-state index >= 15 is 0 Å². The molecule has 0 unspecified atom stereocenters. The Morgan fingerprint density at radius 1 is 0.897 bits per heavy atom. The normalized spacial score (nSPS) is 12.0. The molecule has 0 aliphatic heterocycles. The van der Waals surface area contributed by atoms with Gasteiger partial charge in [0.25, 0.3) is 10.0 Å². The molecule has 3 rings (SSSR count). The predicted molar refractivity (Wildman–Crippen MR) is 157 cm³/mol. The van der Waals surface area contributed by atoms with Crippen LogP contribution in [0.5, 0.6) is 0 Å². The Bertz CT molecular complexity index is 1360. The fourth-order valence-corrected chi connectivity index (χ4v) is 6.03. The van der Waals surface area contributed by atoms with Gasteiger partial charge in [-0.2, -0.15) is 0 Å². The monoisotopic (exact) mass is 589 g/mol. The highest BCUT2D eigenvalue weighted by molar-refractivity contribution is 7.92. The first kappa shape index (κ1) is 30.5. The first-order chi connectivity index (χ1) is 18.6. The molecule has 0 spiro atoms. The zero-order valence-corrected chi connectivity index (χ0v) is 24.6. The molecule has 0 saturated heterocycles. The smallest absolute Gasteiger partial charge is 0.264 e. The summed E-state index contributed by atoms with van der Waals surface area (Å²) < 4.78 is 28.7. The van der Waals surface area contributed by atoms with Gasteiger partial charge in [0.2, 0.25) is 11.8 Å². The third kappa shape index (κ3) is 7.53. The minimum atomic E-state index is -4.12. The van der Waals surface area contributed by atoms with E-state index in [1.54, 1.807) is 67.6 Å².